The van der Waals surface area contributed by atoms with E-state index in [1.807, 2.05) is 36.4 Å². The van der Waals surface area contributed by atoms with E-state index in [4.69, 9.17) is 21.3 Å². The van der Waals surface area contributed by atoms with Crippen LogP contribution < -0.4 is 5.32 Å². The number of aromatic nitrogens is 1. The van der Waals surface area contributed by atoms with Gasteiger partial charge in [0, 0.05) is 10.3 Å². The van der Waals surface area contributed by atoms with Gasteiger partial charge < -0.3 is 10.1 Å². The van der Waals surface area contributed by atoms with Crippen LogP contribution in [0.25, 0.3) is 21.5 Å². The Hall–Kier alpha value is -2.74. The molecule has 1 aromatic carbocycles. The molecule has 5 rings (SSSR count). The van der Waals surface area contributed by atoms with E-state index in [1.54, 1.807) is 13.0 Å². The fourth-order valence-electron chi connectivity index (χ4n) is 4.54. The first-order chi connectivity index (χ1) is 17.0. The van der Waals surface area contributed by atoms with Crippen LogP contribution in [0, 0.1) is 0 Å². The summed E-state index contributed by atoms with van der Waals surface area (Å²) in [6, 6.07) is 13.1. The molecule has 35 heavy (non-hydrogen) atoms. The number of esters is 1. The highest BCUT2D eigenvalue weighted by atomic mass is 35.5. The van der Waals surface area contributed by atoms with Gasteiger partial charge in [-0.3, -0.25) is 4.79 Å². The zero-order valence-corrected chi connectivity index (χ0v) is 21.7. The van der Waals surface area contributed by atoms with Crippen molar-refractivity contribution < 1.29 is 14.3 Å². The molecule has 1 aliphatic rings. The molecule has 0 bridgehead atoms. The van der Waals surface area contributed by atoms with Gasteiger partial charge in [-0.1, -0.05) is 42.6 Å². The highest BCUT2D eigenvalue weighted by Gasteiger charge is 2.27. The summed E-state index contributed by atoms with van der Waals surface area (Å²) in [7, 11) is 0. The lowest BCUT2D eigenvalue weighted by molar-refractivity contribution is 0.0526. The second-order valence-electron chi connectivity index (χ2n) is 8.47. The fraction of sp³-hybridized carbons (Fsp3) is 0.296. The van der Waals surface area contributed by atoms with Gasteiger partial charge in [0.05, 0.1) is 38.2 Å². The number of carbonyl (C=O) groups is 2. The maximum atomic E-state index is 13.7. The summed E-state index contributed by atoms with van der Waals surface area (Å²) in [6.45, 7) is 2.09. The number of rotatable bonds is 5. The van der Waals surface area contributed by atoms with Crippen LogP contribution in [0.1, 0.15) is 63.8 Å². The second kappa shape index (κ2) is 10.5. The van der Waals surface area contributed by atoms with E-state index in [-0.39, 0.29) is 11.9 Å². The molecule has 1 N–H and O–H groups in total. The van der Waals surface area contributed by atoms with Crippen molar-refractivity contribution in [2.45, 2.75) is 45.4 Å². The average molecular weight is 525 g/mol. The van der Waals surface area contributed by atoms with Gasteiger partial charge in [-0.2, -0.15) is 0 Å². The summed E-state index contributed by atoms with van der Waals surface area (Å²) in [6.07, 6.45) is 6.21. The van der Waals surface area contributed by atoms with Crippen molar-refractivity contribution in [2.24, 2.45) is 0 Å². The summed E-state index contributed by atoms with van der Waals surface area (Å²) < 4.78 is 6.06. The number of benzene rings is 1. The van der Waals surface area contributed by atoms with E-state index in [0.29, 0.717) is 32.8 Å². The highest BCUT2D eigenvalue weighted by Crippen LogP contribution is 2.38. The minimum absolute atomic E-state index is 0.271. The van der Waals surface area contributed by atoms with Crippen molar-refractivity contribution in [2.75, 3.05) is 11.9 Å². The Morgan fingerprint density at radius 2 is 1.86 bits per heavy atom. The molecule has 0 saturated carbocycles. The SMILES string of the molecule is CCOC(=O)c1c(NC(=O)c2cc(-c3ccc(Cl)s3)nc3ccccc23)sc2c1CCCCCC2. The fourth-order valence-corrected chi connectivity index (χ4v) is 6.81. The molecule has 4 aromatic rings. The van der Waals surface area contributed by atoms with Gasteiger partial charge in [-0.05, 0) is 62.4 Å². The number of fused-ring (bicyclic) bond motifs is 2. The average Bonchev–Trinajstić information content (AvgIpc) is 3.41. The van der Waals surface area contributed by atoms with Gasteiger partial charge in [0.25, 0.3) is 5.91 Å². The lowest BCUT2D eigenvalue weighted by Crippen LogP contribution is -2.16. The molecular formula is C27H25ClN2O3S2. The van der Waals surface area contributed by atoms with Crippen LogP contribution >= 0.6 is 34.3 Å². The first-order valence-electron chi connectivity index (χ1n) is 11.8. The Balaban J connectivity index is 1.57. The monoisotopic (exact) mass is 524 g/mol. The summed E-state index contributed by atoms with van der Waals surface area (Å²) in [5, 5.41) is 4.39. The third kappa shape index (κ3) is 4.99. The molecule has 0 aliphatic heterocycles. The number of anilines is 1. The van der Waals surface area contributed by atoms with Gasteiger partial charge in [0.15, 0.2) is 0 Å². The lowest BCUT2D eigenvalue weighted by Gasteiger charge is -2.12. The minimum atomic E-state index is -0.366. The molecular weight excluding hydrogens is 500 g/mol. The Kier molecular flexibility index (Phi) is 7.18. The minimum Gasteiger partial charge on any atom is -0.462 e. The van der Waals surface area contributed by atoms with E-state index in [0.717, 1.165) is 53.4 Å². The van der Waals surface area contributed by atoms with E-state index in [9.17, 15) is 9.59 Å². The number of thiophene rings is 2. The number of nitrogens with one attached hydrogen (secondary N) is 1. The number of aryl methyl sites for hydroxylation is 1. The van der Waals surface area contributed by atoms with Crippen LogP contribution in [0.15, 0.2) is 42.5 Å². The molecule has 0 fully saturated rings. The number of ether oxygens (including phenoxy) is 1. The second-order valence-corrected chi connectivity index (χ2v) is 11.3. The van der Waals surface area contributed by atoms with Crippen molar-refractivity contribution in [3.8, 4) is 10.6 Å². The third-order valence-electron chi connectivity index (χ3n) is 6.16. The zero-order valence-electron chi connectivity index (χ0n) is 19.4. The van der Waals surface area contributed by atoms with E-state index in [1.165, 1.54) is 34.0 Å². The molecule has 0 radical (unpaired) electrons. The molecule has 0 atom stereocenters. The number of amides is 1. The van der Waals surface area contributed by atoms with Crippen molar-refractivity contribution in [3.63, 3.8) is 0 Å². The van der Waals surface area contributed by atoms with Crippen LogP contribution in [0.4, 0.5) is 5.00 Å². The number of carbonyl (C=O) groups excluding carboxylic acids is 2. The van der Waals surface area contributed by atoms with E-state index < -0.39 is 0 Å². The molecule has 1 aliphatic carbocycles. The molecule has 3 aromatic heterocycles. The lowest BCUT2D eigenvalue weighted by atomic mass is 9.96. The Morgan fingerprint density at radius 3 is 2.63 bits per heavy atom. The van der Waals surface area contributed by atoms with Crippen LogP contribution in [-0.2, 0) is 17.6 Å². The van der Waals surface area contributed by atoms with Gasteiger partial charge in [-0.15, -0.1) is 22.7 Å². The maximum absolute atomic E-state index is 13.7. The van der Waals surface area contributed by atoms with Gasteiger partial charge >= 0.3 is 5.97 Å². The summed E-state index contributed by atoms with van der Waals surface area (Å²) in [5.41, 5.74) is 3.48. The Labute approximate surface area is 217 Å². The normalized spacial score (nSPS) is 13.7. The van der Waals surface area contributed by atoms with Crippen LogP contribution in [0.3, 0.4) is 0 Å². The number of hydrogen-bond donors (Lipinski definition) is 1. The number of para-hydroxylation sites is 1. The van der Waals surface area contributed by atoms with Crippen LogP contribution in [0.2, 0.25) is 4.34 Å². The smallest absolute Gasteiger partial charge is 0.341 e. The quantitative estimate of drug-likeness (QED) is 0.271. The molecule has 8 heteroatoms. The Bertz CT molecular complexity index is 1410. The number of pyridine rings is 1. The van der Waals surface area contributed by atoms with Gasteiger partial charge in [0.2, 0.25) is 0 Å². The summed E-state index contributed by atoms with van der Waals surface area (Å²) in [4.78, 5) is 33.5. The van der Waals surface area contributed by atoms with Crippen LogP contribution in [-0.4, -0.2) is 23.5 Å². The number of nitrogens with zero attached hydrogens (tertiary/aromatic N) is 1. The number of halogens is 1. The first kappa shape index (κ1) is 24.0. The predicted molar refractivity (Wildman–Crippen MR) is 144 cm³/mol. The molecule has 1 amide bonds. The number of hydrogen-bond acceptors (Lipinski definition) is 6. The van der Waals surface area contributed by atoms with E-state index >= 15 is 0 Å². The molecule has 180 valence electrons. The molecule has 5 nitrogen and oxygen atoms in total. The molecule has 0 saturated heterocycles. The third-order valence-corrected chi connectivity index (χ3v) is 8.63. The van der Waals surface area contributed by atoms with Crippen molar-refractivity contribution in [1.29, 1.82) is 0 Å². The van der Waals surface area contributed by atoms with Crippen molar-refractivity contribution in [1.82, 2.24) is 4.98 Å². The highest BCUT2D eigenvalue weighted by molar-refractivity contribution is 7.19. The van der Waals surface area contributed by atoms with Gasteiger partial charge in [-0.25, -0.2) is 9.78 Å². The molecule has 0 unspecified atom stereocenters. The largest absolute Gasteiger partial charge is 0.462 e. The molecule has 0 spiro atoms. The van der Waals surface area contributed by atoms with E-state index in [2.05, 4.69) is 5.32 Å². The zero-order chi connectivity index (χ0) is 24.4. The van der Waals surface area contributed by atoms with Crippen molar-refractivity contribution in [3.05, 3.63) is 68.4 Å². The molecule has 3 heterocycles. The van der Waals surface area contributed by atoms with Crippen molar-refractivity contribution >= 4 is 62.1 Å². The first-order valence-corrected chi connectivity index (χ1v) is 13.8. The standard InChI is InChI=1S/C27H25ClN2O3S2/c1-2-33-27(32)24-17-10-5-3-4-6-12-21(17)35-26(24)30-25(31)18-15-20(22-13-14-23(28)34-22)29-19-11-8-7-9-16(18)19/h7-9,11,13-15H,2-6,10,12H2,1H3,(H,30,31). The summed E-state index contributed by atoms with van der Waals surface area (Å²) >= 11 is 9.08. The maximum Gasteiger partial charge on any atom is 0.341 e. The predicted octanol–water partition coefficient (Wildman–Crippen LogP) is 7.77. The van der Waals surface area contributed by atoms with Gasteiger partial charge in [0.1, 0.15) is 5.00 Å². The Morgan fingerprint density at radius 1 is 1.06 bits per heavy atom. The van der Waals surface area contributed by atoms with Crippen LogP contribution in [0.5, 0.6) is 0 Å². The summed E-state index contributed by atoms with van der Waals surface area (Å²) in [5.74, 6) is -0.637. The topological polar surface area (TPSA) is 68.3 Å².